The fourth-order valence-corrected chi connectivity index (χ4v) is 1.14. The molecule has 0 aromatic rings. The second kappa shape index (κ2) is 4.34. The molecule has 84 valence electrons. The minimum Gasteiger partial charge on any atom is -0.454 e. The number of nitrogens with one attached hydrogen (secondary N) is 1. The number of aliphatic hydroxyl groups excluding tert-OH is 3. The molecule has 1 aliphatic rings. The molecule has 1 rings (SSSR count). The molecule has 1 aliphatic heterocycles. The third-order valence-corrected chi connectivity index (χ3v) is 1.93. The summed E-state index contributed by atoms with van der Waals surface area (Å²) in [6.07, 6.45) is -6.96. The van der Waals surface area contributed by atoms with Crippen molar-refractivity contribution in [3.63, 3.8) is 0 Å². The van der Waals surface area contributed by atoms with Gasteiger partial charge in [0.15, 0.2) is 18.3 Å². The summed E-state index contributed by atoms with van der Waals surface area (Å²) in [5.74, 6) is -2.26. The van der Waals surface area contributed by atoms with E-state index in [1.165, 1.54) is 0 Å². The number of cyclic esters (lactones) is 1. The Morgan fingerprint density at radius 2 is 2.13 bits per heavy atom. The summed E-state index contributed by atoms with van der Waals surface area (Å²) in [5, 5.41) is 29.0. The maximum atomic E-state index is 10.9. The van der Waals surface area contributed by atoms with Crippen LogP contribution in [0.3, 0.4) is 0 Å². The van der Waals surface area contributed by atoms with Crippen LogP contribution in [0, 0.1) is 0 Å². The van der Waals surface area contributed by atoms with Gasteiger partial charge in [-0.1, -0.05) is 0 Å². The van der Waals surface area contributed by atoms with Gasteiger partial charge in [0.1, 0.15) is 6.10 Å². The fourth-order valence-electron chi connectivity index (χ4n) is 1.14. The third-order valence-electron chi connectivity index (χ3n) is 1.93. The fraction of sp³-hybridized carbons (Fsp3) is 0.571. The molecule has 0 saturated carbocycles. The van der Waals surface area contributed by atoms with E-state index in [-0.39, 0.29) is 6.41 Å². The standard InChI is InChI=1S/C7H9NO7/c9-1-8-6(13)4(12)5-2(10)3(11)7(14)15-5/h1-5,10-12H,(H,8,9,13)/t2-,3+,4-,5+/m1/s1. The Labute approximate surface area is 83.5 Å². The maximum absolute atomic E-state index is 10.9. The van der Waals surface area contributed by atoms with Crippen molar-refractivity contribution in [2.24, 2.45) is 0 Å². The SMILES string of the molecule is O=CNC(=O)[C@H](O)[C@H]1OC(=O)[C@@H](O)[C@H]1O. The maximum Gasteiger partial charge on any atom is 0.338 e. The Kier molecular flexibility index (Phi) is 3.35. The monoisotopic (exact) mass is 219 g/mol. The van der Waals surface area contributed by atoms with Gasteiger partial charge >= 0.3 is 5.97 Å². The number of hydrogen-bond acceptors (Lipinski definition) is 7. The zero-order chi connectivity index (χ0) is 11.6. The summed E-state index contributed by atoms with van der Waals surface area (Å²) < 4.78 is 4.35. The Morgan fingerprint density at radius 1 is 1.53 bits per heavy atom. The van der Waals surface area contributed by atoms with Gasteiger partial charge in [-0.15, -0.1) is 0 Å². The normalized spacial score (nSPS) is 31.9. The van der Waals surface area contributed by atoms with E-state index in [2.05, 4.69) is 4.74 Å². The topological polar surface area (TPSA) is 133 Å². The lowest BCUT2D eigenvalue weighted by Gasteiger charge is -2.17. The Morgan fingerprint density at radius 3 is 2.53 bits per heavy atom. The number of esters is 1. The van der Waals surface area contributed by atoms with Gasteiger partial charge in [0.05, 0.1) is 0 Å². The Hall–Kier alpha value is -1.51. The molecule has 1 heterocycles. The van der Waals surface area contributed by atoms with Gasteiger partial charge < -0.3 is 20.1 Å². The van der Waals surface area contributed by atoms with Crippen molar-refractivity contribution in [2.75, 3.05) is 0 Å². The predicted octanol–water partition coefficient (Wildman–Crippen LogP) is -3.73. The average Bonchev–Trinajstić information content (AvgIpc) is 2.45. The van der Waals surface area contributed by atoms with Crippen LogP contribution in [0.25, 0.3) is 0 Å². The van der Waals surface area contributed by atoms with E-state index in [0.29, 0.717) is 0 Å². The van der Waals surface area contributed by atoms with Crippen molar-refractivity contribution in [1.29, 1.82) is 0 Å². The first-order chi connectivity index (χ1) is 6.99. The molecular formula is C7H9NO7. The minimum atomic E-state index is -1.91. The highest BCUT2D eigenvalue weighted by Gasteiger charge is 2.48. The molecule has 1 fully saturated rings. The molecule has 8 nitrogen and oxygen atoms in total. The van der Waals surface area contributed by atoms with Crippen molar-refractivity contribution < 1.29 is 34.4 Å². The number of rotatable bonds is 3. The van der Waals surface area contributed by atoms with E-state index in [1.54, 1.807) is 5.32 Å². The molecule has 8 heteroatoms. The zero-order valence-electron chi connectivity index (χ0n) is 7.36. The molecule has 0 unspecified atom stereocenters. The number of imide groups is 1. The van der Waals surface area contributed by atoms with Gasteiger partial charge in [-0.25, -0.2) is 4.79 Å². The van der Waals surface area contributed by atoms with Crippen LogP contribution < -0.4 is 5.32 Å². The summed E-state index contributed by atoms with van der Waals surface area (Å²) in [5.41, 5.74) is 0. The van der Waals surface area contributed by atoms with E-state index in [4.69, 9.17) is 5.11 Å². The van der Waals surface area contributed by atoms with E-state index >= 15 is 0 Å². The van der Waals surface area contributed by atoms with Crippen LogP contribution >= 0.6 is 0 Å². The summed E-state index contributed by atoms with van der Waals surface area (Å²) in [6.45, 7) is 0. The van der Waals surface area contributed by atoms with Crippen molar-refractivity contribution in [3.05, 3.63) is 0 Å². The van der Waals surface area contributed by atoms with Crippen molar-refractivity contribution in [2.45, 2.75) is 24.4 Å². The van der Waals surface area contributed by atoms with Crippen molar-refractivity contribution in [3.8, 4) is 0 Å². The van der Waals surface area contributed by atoms with Crippen molar-refractivity contribution in [1.82, 2.24) is 5.32 Å². The molecule has 4 N–H and O–H groups in total. The Balaban J connectivity index is 2.69. The van der Waals surface area contributed by atoms with Crippen LogP contribution in [0.5, 0.6) is 0 Å². The lowest BCUT2D eigenvalue weighted by atomic mass is 10.1. The highest BCUT2D eigenvalue weighted by molar-refractivity contribution is 5.90. The van der Waals surface area contributed by atoms with Crippen LogP contribution in [0.1, 0.15) is 0 Å². The molecule has 4 atom stereocenters. The number of carbonyl (C=O) groups excluding carboxylic acids is 3. The predicted molar refractivity (Wildman–Crippen MR) is 42.1 cm³/mol. The number of ether oxygens (including phenoxy) is 1. The summed E-state index contributed by atoms with van der Waals surface area (Å²) in [6, 6.07) is 0. The van der Waals surface area contributed by atoms with Crippen molar-refractivity contribution >= 4 is 18.3 Å². The molecule has 15 heavy (non-hydrogen) atoms. The lowest BCUT2D eigenvalue weighted by molar-refractivity contribution is -0.153. The summed E-state index contributed by atoms with van der Waals surface area (Å²) in [4.78, 5) is 31.5. The number of amides is 2. The van der Waals surface area contributed by atoms with E-state index < -0.39 is 36.3 Å². The molecular weight excluding hydrogens is 210 g/mol. The average molecular weight is 219 g/mol. The van der Waals surface area contributed by atoms with Crippen LogP contribution in [0.15, 0.2) is 0 Å². The van der Waals surface area contributed by atoms with Gasteiger partial charge in [-0.2, -0.15) is 0 Å². The molecule has 0 radical (unpaired) electrons. The molecule has 0 bridgehead atoms. The zero-order valence-corrected chi connectivity index (χ0v) is 7.36. The second-order valence-electron chi connectivity index (χ2n) is 2.91. The second-order valence-corrected chi connectivity index (χ2v) is 2.91. The van der Waals surface area contributed by atoms with Crippen LogP contribution in [-0.4, -0.2) is 58.0 Å². The molecule has 0 aliphatic carbocycles. The smallest absolute Gasteiger partial charge is 0.338 e. The number of carbonyl (C=O) groups is 3. The number of aliphatic hydroxyl groups is 3. The summed E-state index contributed by atoms with van der Waals surface area (Å²) in [7, 11) is 0. The van der Waals surface area contributed by atoms with Gasteiger partial charge in [0, 0.05) is 0 Å². The van der Waals surface area contributed by atoms with E-state index in [9.17, 15) is 24.6 Å². The quantitative estimate of drug-likeness (QED) is 0.283. The summed E-state index contributed by atoms with van der Waals surface area (Å²) >= 11 is 0. The van der Waals surface area contributed by atoms with Crippen LogP contribution in [0.4, 0.5) is 0 Å². The van der Waals surface area contributed by atoms with Crippen LogP contribution in [-0.2, 0) is 19.1 Å². The van der Waals surface area contributed by atoms with Gasteiger partial charge in [-0.3, -0.25) is 14.9 Å². The number of hydrogen-bond donors (Lipinski definition) is 4. The molecule has 0 aromatic heterocycles. The van der Waals surface area contributed by atoms with E-state index in [1.807, 2.05) is 0 Å². The van der Waals surface area contributed by atoms with Crippen LogP contribution in [0.2, 0.25) is 0 Å². The van der Waals surface area contributed by atoms with Gasteiger partial charge in [-0.05, 0) is 0 Å². The molecule has 0 aromatic carbocycles. The molecule has 1 saturated heterocycles. The largest absolute Gasteiger partial charge is 0.454 e. The highest BCUT2D eigenvalue weighted by Crippen LogP contribution is 2.18. The van der Waals surface area contributed by atoms with E-state index in [0.717, 1.165) is 0 Å². The van der Waals surface area contributed by atoms with Gasteiger partial charge in [0.2, 0.25) is 6.41 Å². The minimum absolute atomic E-state index is 0.0329. The Bertz CT molecular complexity index is 291. The first kappa shape index (κ1) is 11.6. The molecule has 0 spiro atoms. The lowest BCUT2D eigenvalue weighted by Crippen LogP contribution is -2.47. The first-order valence-corrected chi connectivity index (χ1v) is 3.97. The first-order valence-electron chi connectivity index (χ1n) is 3.97. The highest BCUT2D eigenvalue weighted by atomic mass is 16.6. The molecule has 2 amide bonds. The third kappa shape index (κ3) is 2.12. The van der Waals surface area contributed by atoms with Gasteiger partial charge in [0.25, 0.3) is 5.91 Å².